The molecule has 0 aromatic carbocycles. The van der Waals surface area contributed by atoms with Gasteiger partial charge in [0.1, 0.15) is 5.82 Å². The van der Waals surface area contributed by atoms with Gasteiger partial charge < -0.3 is 5.32 Å². The fraction of sp³-hybridized carbons (Fsp3) is 0.556. The maximum absolute atomic E-state index is 5.69. The Kier molecular flexibility index (Phi) is 5.04. The first-order valence-corrected chi connectivity index (χ1v) is 6.23. The van der Waals surface area contributed by atoms with Crippen LogP contribution in [0, 0.1) is 6.92 Å². The van der Waals surface area contributed by atoms with Crippen molar-refractivity contribution in [2.24, 2.45) is 0 Å². The van der Waals surface area contributed by atoms with Gasteiger partial charge in [-0.1, -0.05) is 0 Å². The molecule has 0 aliphatic carbocycles. The van der Waals surface area contributed by atoms with Gasteiger partial charge in [-0.25, -0.2) is 9.97 Å². The van der Waals surface area contributed by atoms with Crippen molar-refractivity contribution in [1.29, 1.82) is 0 Å². The summed E-state index contributed by atoms with van der Waals surface area (Å²) >= 11 is 7.54. The lowest BCUT2D eigenvalue weighted by atomic mass is 10.3. The molecule has 1 aromatic heterocycles. The largest absolute Gasteiger partial charge is 0.370 e. The summed E-state index contributed by atoms with van der Waals surface area (Å²) in [4.78, 5) is 8.00. The first kappa shape index (κ1) is 11.6. The number of aromatic nitrogens is 2. The second-order valence-corrected chi connectivity index (χ2v) is 4.27. The van der Waals surface area contributed by atoms with Gasteiger partial charge in [-0.15, -0.1) is 0 Å². The zero-order valence-corrected chi connectivity index (χ0v) is 9.95. The van der Waals surface area contributed by atoms with Crippen LogP contribution in [0.3, 0.4) is 0 Å². The molecule has 0 unspecified atom stereocenters. The zero-order valence-electron chi connectivity index (χ0n) is 8.38. The normalized spacial score (nSPS) is 10.2. The highest BCUT2D eigenvalue weighted by Crippen LogP contribution is 2.12. The SMILES string of the molecule is CSCCCNc1nc(Cl)ncc1C. The molecule has 78 valence electrons. The molecular weight excluding hydrogens is 218 g/mol. The lowest BCUT2D eigenvalue weighted by Crippen LogP contribution is -2.06. The van der Waals surface area contributed by atoms with Gasteiger partial charge in [0.05, 0.1) is 0 Å². The minimum Gasteiger partial charge on any atom is -0.370 e. The molecule has 0 atom stereocenters. The summed E-state index contributed by atoms with van der Waals surface area (Å²) < 4.78 is 0. The summed E-state index contributed by atoms with van der Waals surface area (Å²) in [6, 6.07) is 0. The van der Waals surface area contributed by atoms with Gasteiger partial charge in [0, 0.05) is 18.3 Å². The van der Waals surface area contributed by atoms with Gasteiger partial charge in [-0.05, 0) is 37.0 Å². The minimum absolute atomic E-state index is 0.294. The molecule has 0 saturated heterocycles. The van der Waals surface area contributed by atoms with Crippen LogP contribution in [0.1, 0.15) is 12.0 Å². The Labute approximate surface area is 93.7 Å². The van der Waals surface area contributed by atoms with Crippen molar-refractivity contribution in [3.05, 3.63) is 17.0 Å². The molecule has 3 nitrogen and oxygen atoms in total. The molecule has 0 fully saturated rings. The first-order chi connectivity index (χ1) is 6.74. The summed E-state index contributed by atoms with van der Waals surface area (Å²) in [7, 11) is 0. The number of rotatable bonds is 5. The van der Waals surface area contributed by atoms with Crippen molar-refractivity contribution in [3.8, 4) is 0 Å². The van der Waals surface area contributed by atoms with Gasteiger partial charge in [-0.3, -0.25) is 0 Å². The smallest absolute Gasteiger partial charge is 0.224 e. The molecule has 1 rings (SSSR count). The lowest BCUT2D eigenvalue weighted by molar-refractivity contribution is 0.970. The van der Waals surface area contributed by atoms with Crippen molar-refractivity contribution in [2.75, 3.05) is 23.9 Å². The van der Waals surface area contributed by atoms with E-state index in [9.17, 15) is 0 Å². The maximum Gasteiger partial charge on any atom is 0.224 e. The summed E-state index contributed by atoms with van der Waals surface area (Å²) in [6.07, 6.45) is 4.96. The van der Waals surface area contributed by atoms with Gasteiger partial charge in [0.2, 0.25) is 5.28 Å². The van der Waals surface area contributed by atoms with Gasteiger partial charge in [-0.2, -0.15) is 11.8 Å². The number of hydrogen-bond donors (Lipinski definition) is 1. The van der Waals surface area contributed by atoms with Crippen LogP contribution in [0.2, 0.25) is 5.28 Å². The molecule has 0 amide bonds. The number of aryl methyl sites for hydroxylation is 1. The van der Waals surface area contributed by atoms with Crippen LogP contribution in [0.5, 0.6) is 0 Å². The highest BCUT2D eigenvalue weighted by molar-refractivity contribution is 7.98. The van der Waals surface area contributed by atoms with Crippen LogP contribution in [-0.2, 0) is 0 Å². The average Bonchev–Trinajstić information content (AvgIpc) is 2.18. The molecule has 1 heterocycles. The van der Waals surface area contributed by atoms with Crippen LogP contribution in [0.4, 0.5) is 5.82 Å². The van der Waals surface area contributed by atoms with E-state index in [2.05, 4.69) is 21.5 Å². The van der Waals surface area contributed by atoms with E-state index >= 15 is 0 Å². The second-order valence-electron chi connectivity index (χ2n) is 2.94. The summed E-state index contributed by atoms with van der Waals surface area (Å²) in [6.45, 7) is 2.89. The van der Waals surface area contributed by atoms with E-state index in [1.54, 1.807) is 6.20 Å². The van der Waals surface area contributed by atoms with Gasteiger partial charge >= 0.3 is 0 Å². The Morgan fingerprint density at radius 3 is 3.07 bits per heavy atom. The van der Waals surface area contributed by atoms with Gasteiger partial charge in [0.15, 0.2) is 0 Å². The number of thioether (sulfide) groups is 1. The standard InChI is InChI=1S/C9H14ClN3S/c1-7-6-12-9(10)13-8(7)11-4-3-5-14-2/h6H,3-5H2,1-2H3,(H,11,12,13). The number of halogens is 1. The van der Waals surface area contributed by atoms with Crippen molar-refractivity contribution < 1.29 is 0 Å². The minimum atomic E-state index is 0.294. The van der Waals surface area contributed by atoms with Crippen molar-refractivity contribution in [2.45, 2.75) is 13.3 Å². The van der Waals surface area contributed by atoms with Crippen LogP contribution < -0.4 is 5.32 Å². The zero-order chi connectivity index (χ0) is 10.4. The summed E-state index contributed by atoms with van der Waals surface area (Å²) in [5.74, 6) is 2.00. The van der Waals surface area contributed by atoms with E-state index in [0.717, 1.165) is 30.1 Å². The maximum atomic E-state index is 5.69. The number of nitrogens with one attached hydrogen (secondary N) is 1. The van der Waals surface area contributed by atoms with E-state index in [4.69, 9.17) is 11.6 Å². The van der Waals surface area contributed by atoms with Crippen LogP contribution in [0.15, 0.2) is 6.20 Å². The fourth-order valence-corrected chi connectivity index (χ4v) is 1.59. The molecule has 0 radical (unpaired) electrons. The van der Waals surface area contributed by atoms with Crippen LogP contribution >= 0.6 is 23.4 Å². The highest BCUT2D eigenvalue weighted by Gasteiger charge is 2.00. The molecule has 0 spiro atoms. The third-order valence-electron chi connectivity index (χ3n) is 1.76. The quantitative estimate of drug-likeness (QED) is 0.625. The predicted octanol–water partition coefficient (Wildman–Crippen LogP) is 2.60. The van der Waals surface area contributed by atoms with E-state index in [-0.39, 0.29) is 0 Å². The fourth-order valence-electron chi connectivity index (χ4n) is 1.02. The summed E-state index contributed by atoms with van der Waals surface area (Å²) in [5.41, 5.74) is 1.03. The Morgan fingerprint density at radius 1 is 1.57 bits per heavy atom. The molecular formula is C9H14ClN3S. The molecule has 0 saturated carbocycles. The monoisotopic (exact) mass is 231 g/mol. The molecule has 0 aliphatic rings. The van der Waals surface area contributed by atoms with E-state index in [1.807, 2.05) is 18.7 Å². The molecule has 1 N–H and O–H groups in total. The van der Waals surface area contributed by atoms with Crippen LogP contribution in [-0.4, -0.2) is 28.5 Å². The topological polar surface area (TPSA) is 37.8 Å². The van der Waals surface area contributed by atoms with E-state index < -0.39 is 0 Å². The van der Waals surface area contributed by atoms with Crippen molar-refractivity contribution >= 4 is 29.2 Å². The second kappa shape index (κ2) is 6.09. The summed E-state index contributed by atoms with van der Waals surface area (Å²) in [5, 5.41) is 3.53. The molecule has 0 aliphatic heterocycles. The van der Waals surface area contributed by atoms with E-state index in [0.29, 0.717) is 5.28 Å². The number of hydrogen-bond acceptors (Lipinski definition) is 4. The Bertz CT molecular complexity index is 293. The van der Waals surface area contributed by atoms with E-state index in [1.165, 1.54) is 0 Å². The molecule has 1 aromatic rings. The Hall–Kier alpha value is -0.480. The molecule has 0 bridgehead atoms. The lowest BCUT2D eigenvalue weighted by Gasteiger charge is -2.07. The average molecular weight is 232 g/mol. The third-order valence-corrected chi connectivity index (χ3v) is 2.64. The predicted molar refractivity (Wildman–Crippen MR) is 63.3 cm³/mol. The molecule has 14 heavy (non-hydrogen) atoms. The van der Waals surface area contributed by atoms with Crippen molar-refractivity contribution in [3.63, 3.8) is 0 Å². The molecule has 5 heteroatoms. The first-order valence-electron chi connectivity index (χ1n) is 4.46. The van der Waals surface area contributed by atoms with Crippen LogP contribution in [0.25, 0.3) is 0 Å². The third kappa shape index (κ3) is 3.72. The number of anilines is 1. The highest BCUT2D eigenvalue weighted by atomic mass is 35.5. The van der Waals surface area contributed by atoms with Gasteiger partial charge in [0.25, 0.3) is 0 Å². The Morgan fingerprint density at radius 2 is 2.36 bits per heavy atom. The van der Waals surface area contributed by atoms with Crippen molar-refractivity contribution in [1.82, 2.24) is 9.97 Å². The Balaban J connectivity index is 2.45. The number of nitrogens with zero attached hydrogens (tertiary/aromatic N) is 2.